The lowest BCUT2D eigenvalue weighted by molar-refractivity contribution is 1.22. The van der Waals surface area contributed by atoms with Crippen LogP contribution in [0.25, 0.3) is 22.4 Å². The van der Waals surface area contributed by atoms with Crippen molar-refractivity contribution in [3.8, 4) is 22.4 Å². The van der Waals surface area contributed by atoms with Crippen molar-refractivity contribution in [2.75, 3.05) is 0 Å². The second-order valence-electron chi connectivity index (χ2n) is 4.32. The highest BCUT2D eigenvalue weighted by Gasteiger charge is 2.02. The molecule has 0 saturated carbocycles. The van der Waals surface area contributed by atoms with Gasteiger partial charge in [-0.25, -0.2) is 0 Å². The third-order valence-corrected chi connectivity index (χ3v) is 2.94. The average Bonchev–Trinajstić information content (AvgIpc) is 2.47. The molecule has 0 amide bonds. The van der Waals surface area contributed by atoms with E-state index < -0.39 is 0 Å². The summed E-state index contributed by atoms with van der Waals surface area (Å²) < 4.78 is 0. The molecule has 0 aromatic carbocycles. The van der Waals surface area contributed by atoms with Crippen molar-refractivity contribution in [2.45, 2.75) is 0 Å². The standard InChI is InChI=1S/C15H11N3O2/c19-14-7-10(3-5-16-14)12-1-2-13(18-9-12)11-4-6-17-15(20)8-11/h1-9H,(H,16,19)(H,17,20). The third kappa shape index (κ3) is 2.42. The molecule has 0 atom stereocenters. The summed E-state index contributed by atoms with van der Waals surface area (Å²) in [5.41, 5.74) is 2.81. The van der Waals surface area contributed by atoms with Crippen LogP contribution in [0.3, 0.4) is 0 Å². The van der Waals surface area contributed by atoms with Crippen molar-refractivity contribution in [3.63, 3.8) is 0 Å². The molecule has 0 aliphatic carbocycles. The zero-order valence-electron chi connectivity index (χ0n) is 10.5. The summed E-state index contributed by atoms with van der Waals surface area (Å²) in [5, 5.41) is 0. The lowest BCUT2D eigenvalue weighted by atomic mass is 10.1. The van der Waals surface area contributed by atoms with Crippen LogP contribution in [0.4, 0.5) is 0 Å². The van der Waals surface area contributed by atoms with Crippen LogP contribution in [0.15, 0.2) is 64.6 Å². The van der Waals surface area contributed by atoms with E-state index in [1.807, 2.05) is 18.2 Å². The van der Waals surface area contributed by atoms with Crippen molar-refractivity contribution >= 4 is 0 Å². The summed E-state index contributed by atoms with van der Waals surface area (Å²) in [7, 11) is 0. The molecule has 2 N–H and O–H groups in total. The molecule has 98 valence electrons. The smallest absolute Gasteiger partial charge is 0.248 e. The van der Waals surface area contributed by atoms with E-state index >= 15 is 0 Å². The second-order valence-corrected chi connectivity index (χ2v) is 4.32. The number of hydrogen-bond acceptors (Lipinski definition) is 3. The van der Waals surface area contributed by atoms with E-state index in [9.17, 15) is 9.59 Å². The Labute approximate surface area is 114 Å². The Morgan fingerprint density at radius 1 is 0.750 bits per heavy atom. The fraction of sp³-hybridized carbons (Fsp3) is 0. The molecular formula is C15H11N3O2. The lowest BCUT2D eigenvalue weighted by Crippen LogP contribution is -2.03. The minimum atomic E-state index is -0.164. The first-order chi connectivity index (χ1) is 9.72. The molecule has 20 heavy (non-hydrogen) atoms. The lowest BCUT2D eigenvalue weighted by Gasteiger charge is -2.03. The Morgan fingerprint density at radius 3 is 2.00 bits per heavy atom. The van der Waals surface area contributed by atoms with Gasteiger partial charge in [-0.3, -0.25) is 14.6 Å². The molecule has 0 saturated heterocycles. The van der Waals surface area contributed by atoms with Crippen LogP contribution in [0.2, 0.25) is 0 Å². The first kappa shape index (κ1) is 12.1. The molecule has 3 heterocycles. The van der Waals surface area contributed by atoms with Crippen molar-refractivity contribution < 1.29 is 0 Å². The molecule has 0 spiro atoms. The van der Waals surface area contributed by atoms with Crippen molar-refractivity contribution in [2.24, 2.45) is 0 Å². The number of H-pyrrole nitrogens is 2. The number of pyridine rings is 3. The van der Waals surface area contributed by atoms with Crippen LogP contribution in [-0.2, 0) is 0 Å². The van der Waals surface area contributed by atoms with E-state index in [0.717, 1.165) is 16.7 Å². The summed E-state index contributed by atoms with van der Waals surface area (Å²) in [6.07, 6.45) is 4.87. The van der Waals surface area contributed by atoms with E-state index in [0.29, 0.717) is 5.69 Å². The fourth-order valence-electron chi connectivity index (χ4n) is 1.96. The average molecular weight is 265 g/mol. The third-order valence-electron chi connectivity index (χ3n) is 2.94. The highest BCUT2D eigenvalue weighted by Crippen LogP contribution is 2.20. The van der Waals surface area contributed by atoms with Gasteiger partial charge in [-0.2, -0.15) is 0 Å². The van der Waals surface area contributed by atoms with Gasteiger partial charge < -0.3 is 9.97 Å². The fourth-order valence-corrected chi connectivity index (χ4v) is 1.96. The topological polar surface area (TPSA) is 78.6 Å². The van der Waals surface area contributed by atoms with E-state index in [4.69, 9.17) is 0 Å². The van der Waals surface area contributed by atoms with Crippen molar-refractivity contribution in [1.82, 2.24) is 15.0 Å². The number of aromatic amines is 2. The van der Waals surface area contributed by atoms with Crippen LogP contribution in [0, 0.1) is 0 Å². The maximum absolute atomic E-state index is 11.3. The Hall–Kier alpha value is -2.95. The Kier molecular flexibility index (Phi) is 3.01. The van der Waals surface area contributed by atoms with Gasteiger partial charge in [-0.15, -0.1) is 0 Å². The molecule has 3 aromatic rings. The summed E-state index contributed by atoms with van der Waals surface area (Å²) in [5.74, 6) is 0. The minimum Gasteiger partial charge on any atom is -0.329 e. The van der Waals surface area contributed by atoms with Crippen LogP contribution in [0.5, 0.6) is 0 Å². The normalized spacial score (nSPS) is 10.4. The van der Waals surface area contributed by atoms with E-state index in [2.05, 4.69) is 15.0 Å². The highest BCUT2D eigenvalue weighted by atomic mass is 16.1. The molecule has 5 heteroatoms. The predicted molar refractivity (Wildman–Crippen MR) is 76.4 cm³/mol. The molecule has 5 nitrogen and oxygen atoms in total. The number of hydrogen-bond donors (Lipinski definition) is 2. The van der Waals surface area contributed by atoms with Gasteiger partial charge in [0.05, 0.1) is 5.69 Å². The number of nitrogens with one attached hydrogen (secondary N) is 2. The van der Waals surface area contributed by atoms with Crippen LogP contribution < -0.4 is 11.1 Å². The van der Waals surface area contributed by atoms with Crippen molar-refractivity contribution in [1.29, 1.82) is 0 Å². The minimum absolute atomic E-state index is 0.152. The van der Waals surface area contributed by atoms with Crippen LogP contribution in [-0.4, -0.2) is 15.0 Å². The van der Waals surface area contributed by atoms with Gasteiger partial charge in [0, 0.05) is 41.9 Å². The molecule has 3 rings (SSSR count). The molecular weight excluding hydrogens is 254 g/mol. The number of rotatable bonds is 2. The quantitative estimate of drug-likeness (QED) is 0.741. The zero-order valence-corrected chi connectivity index (χ0v) is 10.5. The maximum Gasteiger partial charge on any atom is 0.248 e. The van der Waals surface area contributed by atoms with Gasteiger partial charge in [0.1, 0.15) is 0 Å². The molecule has 0 aliphatic rings. The van der Waals surface area contributed by atoms with E-state index in [1.165, 1.54) is 12.1 Å². The zero-order chi connectivity index (χ0) is 13.9. The van der Waals surface area contributed by atoms with Gasteiger partial charge in [0.2, 0.25) is 11.1 Å². The predicted octanol–water partition coefficient (Wildman–Crippen LogP) is 1.79. The summed E-state index contributed by atoms with van der Waals surface area (Å²) >= 11 is 0. The maximum atomic E-state index is 11.3. The Balaban J connectivity index is 2.00. The van der Waals surface area contributed by atoms with E-state index in [1.54, 1.807) is 24.7 Å². The van der Waals surface area contributed by atoms with Gasteiger partial charge in [0.25, 0.3) is 0 Å². The summed E-state index contributed by atoms with van der Waals surface area (Å²) in [6.45, 7) is 0. The molecule has 0 bridgehead atoms. The summed E-state index contributed by atoms with van der Waals surface area (Å²) in [4.78, 5) is 32.0. The van der Waals surface area contributed by atoms with Gasteiger partial charge in [-0.1, -0.05) is 6.07 Å². The van der Waals surface area contributed by atoms with Crippen molar-refractivity contribution in [3.05, 3.63) is 75.7 Å². The number of nitrogens with zero attached hydrogens (tertiary/aromatic N) is 1. The molecule has 3 aromatic heterocycles. The first-order valence-electron chi connectivity index (χ1n) is 6.07. The molecule has 0 unspecified atom stereocenters. The van der Waals surface area contributed by atoms with Gasteiger partial charge in [-0.05, 0) is 23.8 Å². The Morgan fingerprint density at radius 2 is 1.40 bits per heavy atom. The molecule has 0 aliphatic heterocycles. The monoisotopic (exact) mass is 265 g/mol. The number of aromatic nitrogens is 3. The second kappa shape index (κ2) is 4.97. The van der Waals surface area contributed by atoms with Gasteiger partial charge in [0.15, 0.2) is 0 Å². The Bertz CT molecular complexity index is 775. The van der Waals surface area contributed by atoms with Gasteiger partial charge >= 0.3 is 0 Å². The van der Waals surface area contributed by atoms with Crippen LogP contribution in [0.1, 0.15) is 0 Å². The van der Waals surface area contributed by atoms with Crippen LogP contribution >= 0.6 is 0 Å². The molecule has 0 radical (unpaired) electrons. The highest BCUT2D eigenvalue weighted by molar-refractivity contribution is 5.66. The first-order valence-corrected chi connectivity index (χ1v) is 6.07. The van der Waals surface area contributed by atoms with E-state index in [-0.39, 0.29) is 11.1 Å². The SMILES string of the molecule is O=c1cc(-c2ccc(-c3cc[nH]c(=O)c3)nc2)cc[nH]1. The molecule has 0 fully saturated rings. The largest absolute Gasteiger partial charge is 0.329 e. The summed E-state index contributed by atoms with van der Waals surface area (Å²) in [6, 6.07) is 10.3.